The predicted molar refractivity (Wildman–Crippen MR) is 58.5 cm³/mol. The summed E-state index contributed by atoms with van der Waals surface area (Å²) in [6.07, 6.45) is 4.10. The van der Waals surface area contributed by atoms with Gasteiger partial charge in [-0.3, -0.25) is 0 Å². The lowest BCUT2D eigenvalue weighted by molar-refractivity contribution is 0.0695. The van der Waals surface area contributed by atoms with Crippen LogP contribution in [0.2, 0.25) is 0 Å². The zero-order valence-electron chi connectivity index (χ0n) is 7.90. The molecule has 0 radical (unpaired) electrons. The molecule has 0 saturated carbocycles. The molecule has 6 nitrogen and oxygen atoms in total. The lowest BCUT2D eigenvalue weighted by Gasteiger charge is -2.01. The first-order chi connectivity index (χ1) is 7.77. The van der Waals surface area contributed by atoms with E-state index in [-0.39, 0.29) is 5.56 Å². The van der Waals surface area contributed by atoms with Crippen molar-refractivity contribution in [2.45, 2.75) is 10.1 Å². The van der Waals surface area contributed by atoms with Crippen molar-refractivity contribution in [3.8, 4) is 0 Å². The predicted octanol–water partition coefficient (Wildman–Crippen LogP) is 1.32. The van der Waals surface area contributed by atoms with E-state index in [0.29, 0.717) is 11.4 Å². The molecule has 0 fully saturated rings. The van der Waals surface area contributed by atoms with Crippen molar-refractivity contribution < 1.29 is 9.90 Å². The molecule has 0 saturated heterocycles. The van der Waals surface area contributed by atoms with E-state index in [1.54, 1.807) is 0 Å². The summed E-state index contributed by atoms with van der Waals surface area (Å²) in [6.45, 7) is 0. The van der Waals surface area contributed by atoms with Gasteiger partial charge >= 0.3 is 5.97 Å². The summed E-state index contributed by atoms with van der Waals surface area (Å²) in [5.74, 6) is -0.576. The first-order valence-corrected chi connectivity index (χ1v) is 5.95. The summed E-state index contributed by atoms with van der Waals surface area (Å²) in [6, 6.07) is 0. The topological polar surface area (TPSA) is 88.9 Å². The van der Waals surface area contributed by atoms with Crippen LogP contribution in [-0.4, -0.2) is 30.4 Å². The van der Waals surface area contributed by atoms with Crippen molar-refractivity contribution >= 4 is 29.3 Å². The number of aromatic carboxylic acids is 1. The van der Waals surface area contributed by atoms with E-state index in [0.717, 1.165) is 4.34 Å². The molecule has 2 aromatic heterocycles. The minimum atomic E-state index is -1.02. The highest BCUT2D eigenvalue weighted by Crippen LogP contribution is 2.23. The number of nitrogens with zero attached hydrogens (tertiary/aromatic N) is 4. The van der Waals surface area contributed by atoms with Gasteiger partial charge < -0.3 is 5.11 Å². The fourth-order valence-electron chi connectivity index (χ4n) is 1.01. The van der Waals surface area contributed by atoms with Crippen molar-refractivity contribution in [3.05, 3.63) is 30.1 Å². The highest BCUT2D eigenvalue weighted by molar-refractivity contribution is 8.00. The molecule has 2 aromatic rings. The van der Waals surface area contributed by atoms with Gasteiger partial charge in [-0.25, -0.2) is 19.7 Å². The van der Waals surface area contributed by atoms with Crippen LogP contribution in [0.1, 0.15) is 16.1 Å². The molecule has 2 rings (SSSR count). The zero-order chi connectivity index (χ0) is 11.4. The molecular formula is C8H6N4O2S2. The van der Waals surface area contributed by atoms with Gasteiger partial charge in [0.1, 0.15) is 18.2 Å². The van der Waals surface area contributed by atoms with E-state index in [2.05, 4.69) is 19.3 Å². The van der Waals surface area contributed by atoms with Crippen LogP contribution in [0, 0.1) is 0 Å². The Labute approximate surface area is 99.0 Å². The Balaban J connectivity index is 2.12. The van der Waals surface area contributed by atoms with Gasteiger partial charge in [0.25, 0.3) is 0 Å². The van der Waals surface area contributed by atoms with Gasteiger partial charge in [0.2, 0.25) is 0 Å². The largest absolute Gasteiger partial charge is 0.478 e. The molecule has 1 N–H and O–H groups in total. The fourth-order valence-corrected chi connectivity index (χ4v) is 2.41. The number of thioether (sulfide) groups is 1. The van der Waals surface area contributed by atoms with Crippen LogP contribution in [-0.2, 0) is 5.75 Å². The van der Waals surface area contributed by atoms with Crippen LogP contribution in [0.4, 0.5) is 0 Å². The Hall–Kier alpha value is -1.54. The van der Waals surface area contributed by atoms with Gasteiger partial charge in [-0.1, -0.05) is 11.8 Å². The Morgan fingerprint density at radius 2 is 2.31 bits per heavy atom. The number of carbonyl (C=O) groups is 1. The fraction of sp³-hybridized carbons (Fsp3) is 0.125. The van der Waals surface area contributed by atoms with E-state index in [4.69, 9.17) is 5.11 Å². The van der Waals surface area contributed by atoms with Gasteiger partial charge in [0.05, 0.1) is 5.69 Å². The second-order valence-electron chi connectivity index (χ2n) is 2.68. The molecule has 0 aliphatic heterocycles. The van der Waals surface area contributed by atoms with Crippen molar-refractivity contribution in [2.24, 2.45) is 0 Å². The van der Waals surface area contributed by atoms with Crippen molar-refractivity contribution in [1.29, 1.82) is 0 Å². The smallest absolute Gasteiger partial charge is 0.339 e. The lowest BCUT2D eigenvalue weighted by Crippen LogP contribution is -2.04. The van der Waals surface area contributed by atoms with Gasteiger partial charge in [-0.15, -0.1) is 0 Å². The normalized spacial score (nSPS) is 10.2. The molecular weight excluding hydrogens is 248 g/mol. The first kappa shape index (κ1) is 11.0. The number of carboxylic acids is 1. The van der Waals surface area contributed by atoms with Crippen molar-refractivity contribution in [1.82, 2.24) is 19.3 Å². The molecule has 0 amide bonds. The maximum Gasteiger partial charge on any atom is 0.339 e. The highest BCUT2D eigenvalue weighted by Gasteiger charge is 2.12. The minimum Gasteiger partial charge on any atom is -0.478 e. The highest BCUT2D eigenvalue weighted by atomic mass is 32.2. The monoisotopic (exact) mass is 254 g/mol. The summed E-state index contributed by atoms with van der Waals surface area (Å²) in [5.41, 5.74) is 0.613. The van der Waals surface area contributed by atoms with Crippen LogP contribution in [0.25, 0.3) is 0 Å². The number of carboxylic acid groups (broad SMARTS) is 1. The van der Waals surface area contributed by atoms with E-state index in [9.17, 15) is 4.79 Å². The lowest BCUT2D eigenvalue weighted by atomic mass is 10.2. The van der Waals surface area contributed by atoms with E-state index in [1.807, 2.05) is 0 Å². The first-order valence-electron chi connectivity index (χ1n) is 4.19. The number of hydrogen-bond donors (Lipinski definition) is 1. The third-order valence-corrected chi connectivity index (χ3v) is 3.51. The Kier molecular flexibility index (Phi) is 3.42. The molecule has 2 heterocycles. The second-order valence-corrected chi connectivity index (χ2v) is 4.69. The van der Waals surface area contributed by atoms with E-state index >= 15 is 0 Å². The molecule has 0 bridgehead atoms. The quantitative estimate of drug-likeness (QED) is 0.823. The molecule has 0 spiro atoms. The molecule has 0 unspecified atom stereocenters. The van der Waals surface area contributed by atoms with Gasteiger partial charge in [0.15, 0.2) is 4.34 Å². The molecule has 8 heteroatoms. The summed E-state index contributed by atoms with van der Waals surface area (Å²) >= 11 is 2.67. The Morgan fingerprint density at radius 3 is 3.00 bits per heavy atom. The zero-order valence-corrected chi connectivity index (χ0v) is 9.53. The number of aromatic nitrogens is 4. The standard InChI is InChI=1S/C8H6N4O2S2/c13-7(14)5-1-9-3-10-6(5)2-15-8-11-4-12-16-8/h1,3-4H,2H2,(H,13,14). The summed E-state index contributed by atoms with van der Waals surface area (Å²) in [7, 11) is 0. The third-order valence-electron chi connectivity index (χ3n) is 1.70. The SMILES string of the molecule is O=C(O)c1cncnc1CSc1ncns1. The van der Waals surface area contributed by atoms with Crippen LogP contribution in [0.15, 0.2) is 23.2 Å². The third kappa shape index (κ3) is 2.52. The molecule has 0 aliphatic rings. The molecule has 82 valence electrons. The molecule has 0 aliphatic carbocycles. The summed E-state index contributed by atoms with van der Waals surface area (Å²) < 4.78 is 4.64. The van der Waals surface area contributed by atoms with Gasteiger partial charge in [-0.05, 0) is 11.5 Å². The van der Waals surface area contributed by atoms with Crippen LogP contribution < -0.4 is 0 Å². The van der Waals surface area contributed by atoms with Gasteiger partial charge in [0, 0.05) is 11.9 Å². The molecule has 0 atom stereocenters. The summed E-state index contributed by atoms with van der Waals surface area (Å²) in [4.78, 5) is 22.5. The van der Waals surface area contributed by atoms with Crippen LogP contribution >= 0.6 is 23.3 Å². The molecule has 0 aromatic carbocycles. The van der Waals surface area contributed by atoms with Crippen molar-refractivity contribution in [2.75, 3.05) is 0 Å². The van der Waals surface area contributed by atoms with Crippen LogP contribution in [0.5, 0.6) is 0 Å². The summed E-state index contributed by atoms with van der Waals surface area (Å²) in [5, 5.41) is 8.91. The maximum absolute atomic E-state index is 10.9. The second kappa shape index (κ2) is 4.99. The average molecular weight is 254 g/mol. The minimum absolute atomic E-state index is 0.125. The Morgan fingerprint density at radius 1 is 1.44 bits per heavy atom. The van der Waals surface area contributed by atoms with E-state index < -0.39 is 5.97 Å². The number of rotatable bonds is 4. The van der Waals surface area contributed by atoms with Crippen LogP contribution in [0.3, 0.4) is 0 Å². The number of hydrogen-bond acceptors (Lipinski definition) is 7. The van der Waals surface area contributed by atoms with E-state index in [1.165, 1.54) is 42.1 Å². The average Bonchev–Trinajstić information content (AvgIpc) is 2.79. The maximum atomic E-state index is 10.9. The molecule has 16 heavy (non-hydrogen) atoms. The Bertz CT molecular complexity index is 489. The van der Waals surface area contributed by atoms with Gasteiger partial charge in [-0.2, -0.15) is 4.37 Å². The van der Waals surface area contributed by atoms with Crippen molar-refractivity contribution in [3.63, 3.8) is 0 Å².